The standard InChI is InChI=1S/C17H24N4O3/c1-13-6-7-14(11-16(13)21(23)24)18-17(22)20-10-4-5-15(20)12-19-8-2-3-9-19/h6-7,11,15H,2-5,8-10,12H2,1H3,(H,18,22)/t15-/m1/s1. The van der Waals surface area contributed by atoms with E-state index in [9.17, 15) is 14.9 Å². The lowest BCUT2D eigenvalue weighted by Gasteiger charge is -2.28. The van der Waals surface area contributed by atoms with Crippen LogP contribution in [0.4, 0.5) is 16.2 Å². The second-order valence-corrected chi connectivity index (χ2v) is 6.69. The molecule has 1 aromatic carbocycles. The van der Waals surface area contributed by atoms with Gasteiger partial charge in [-0.2, -0.15) is 0 Å². The molecule has 7 nitrogen and oxygen atoms in total. The van der Waals surface area contributed by atoms with E-state index in [2.05, 4.69) is 10.2 Å². The number of hydrogen-bond acceptors (Lipinski definition) is 4. The number of carbonyl (C=O) groups is 1. The van der Waals surface area contributed by atoms with E-state index >= 15 is 0 Å². The summed E-state index contributed by atoms with van der Waals surface area (Å²) in [5.41, 5.74) is 1.10. The monoisotopic (exact) mass is 332 g/mol. The molecule has 24 heavy (non-hydrogen) atoms. The van der Waals surface area contributed by atoms with Gasteiger partial charge in [-0.15, -0.1) is 0 Å². The molecule has 1 atom stereocenters. The molecule has 2 fully saturated rings. The molecule has 0 unspecified atom stereocenters. The first kappa shape index (κ1) is 16.7. The number of hydrogen-bond donors (Lipinski definition) is 1. The molecule has 2 saturated heterocycles. The number of benzene rings is 1. The van der Waals surface area contributed by atoms with Gasteiger partial charge in [-0.3, -0.25) is 10.1 Å². The molecule has 0 saturated carbocycles. The SMILES string of the molecule is Cc1ccc(NC(=O)N2CCC[C@@H]2CN2CCCC2)cc1[N+](=O)[O-]. The maximum absolute atomic E-state index is 12.6. The summed E-state index contributed by atoms with van der Waals surface area (Å²) in [6.45, 7) is 5.61. The van der Waals surface area contributed by atoms with Gasteiger partial charge in [-0.05, 0) is 51.8 Å². The summed E-state index contributed by atoms with van der Waals surface area (Å²) in [4.78, 5) is 27.5. The topological polar surface area (TPSA) is 78.7 Å². The predicted molar refractivity (Wildman–Crippen MR) is 92.3 cm³/mol. The van der Waals surface area contributed by atoms with E-state index in [0.717, 1.165) is 39.0 Å². The minimum atomic E-state index is -0.420. The lowest BCUT2D eigenvalue weighted by atomic mass is 10.2. The molecule has 7 heteroatoms. The Morgan fingerprint density at radius 1 is 1.29 bits per heavy atom. The fraction of sp³-hybridized carbons (Fsp3) is 0.588. The molecule has 3 rings (SSSR count). The van der Waals surface area contributed by atoms with Gasteiger partial charge < -0.3 is 15.1 Å². The van der Waals surface area contributed by atoms with Crippen molar-refractivity contribution in [1.82, 2.24) is 9.80 Å². The molecular weight excluding hydrogens is 308 g/mol. The number of nitrogens with zero attached hydrogens (tertiary/aromatic N) is 3. The van der Waals surface area contributed by atoms with Crippen LogP contribution in [0.25, 0.3) is 0 Å². The van der Waals surface area contributed by atoms with Crippen molar-refractivity contribution in [2.45, 2.75) is 38.6 Å². The molecule has 0 aromatic heterocycles. The van der Waals surface area contributed by atoms with Crippen LogP contribution in [-0.2, 0) is 0 Å². The van der Waals surface area contributed by atoms with Crippen LogP contribution < -0.4 is 5.32 Å². The Morgan fingerprint density at radius 3 is 2.75 bits per heavy atom. The summed E-state index contributed by atoms with van der Waals surface area (Å²) < 4.78 is 0. The van der Waals surface area contributed by atoms with E-state index in [4.69, 9.17) is 0 Å². The first-order valence-corrected chi connectivity index (χ1v) is 8.59. The van der Waals surface area contributed by atoms with E-state index < -0.39 is 4.92 Å². The Morgan fingerprint density at radius 2 is 2.04 bits per heavy atom. The van der Waals surface area contributed by atoms with E-state index in [1.807, 2.05) is 4.90 Å². The number of nitrogens with one attached hydrogen (secondary N) is 1. The number of rotatable bonds is 4. The Labute approximate surface area is 141 Å². The van der Waals surface area contributed by atoms with Crippen molar-refractivity contribution in [3.8, 4) is 0 Å². The maximum Gasteiger partial charge on any atom is 0.322 e. The third-order valence-electron chi connectivity index (χ3n) is 4.96. The average molecular weight is 332 g/mol. The zero-order valence-corrected chi connectivity index (χ0v) is 14.0. The summed E-state index contributed by atoms with van der Waals surface area (Å²) in [5.74, 6) is 0. The normalized spacial score (nSPS) is 21.2. The summed E-state index contributed by atoms with van der Waals surface area (Å²) in [7, 11) is 0. The van der Waals surface area contributed by atoms with Crippen LogP contribution >= 0.6 is 0 Å². The number of urea groups is 1. The van der Waals surface area contributed by atoms with Gasteiger partial charge in [0.05, 0.1) is 4.92 Å². The highest BCUT2D eigenvalue weighted by Gasteiger charge is 2.31. The summed E-state index contributed by atoms with van der Waals surface area (Å²) >= 11 is 0. The van der Waals surface area contributed by atoms with Crippen LogP contribution in [-0.4, -0.2) is 53.0 Å². The van der Waals surface area contributed by atoms with Crippen molar-refractivity contribution in [2.75, 3.05) is 31.5 Å². The van der Waals surface area contributed by atoms with Crippen LogP contribution in [0, 0.1) is 17.0 Å². The van der Waals surface area contributed by atoms with Gasteiger partial charge in [-0.25, -0.2) is 4.79 Å². The van der Waals surface area contributed by atoms with Crippen molar-refractivity contribution >= 4 is 17.4 Å². The molecule has 1 aromatic rings. The van der Waals surface area contributed by atoms with E-state index in [-0.39, 0.29) is 17.8 Å². The van der Waals surface area contributed by atoms with Crippen molar-refractivity contribution in [3.63, 3.8) is 0 Å². The van der Waals surface area contributed by atoms with Crippen LogP contribution in [0.2, 0.25) is 0 Å². The van der Waals surface area contributed by atoms with Crippen molar-refractivity contribution in [1.29, 1.82) is 0 Å². The fourth-order valence-electron chi connectivity index (χ4n) is 3.64. The molecule has 2 aliphatic heterocycles. The van der Waals surface area contributed by atoms with Crippen LogP contribution in [0.3, 0.4) is 0 Å². The first-order chi connectivity index (χ1) is 11.5. The van der Waals surface area contributed by atoms with Crippen LogP contribution in [0.15, 0.2) is 18.2 Å². The smallest absolute Gasteiger partial charge is 0.320 e. The molecule has 2 amide bonds. The molecule has 130 valence electrons. The zero-order chi connectivity index (χ0) is 17.1. The van der Waals surface area contributed by atoms with Gasteiger partial charge in [0.15, 0.2) is 0 Å². The Bertz CT molecular complexity index is 628. The molecule has 0 radical (unpaired) electrons. The number of nitro groups is 1. The summed E-state index contributed by atoms with van der Waals surface area (Å²) in [5, 5.41) is 13.9. The highest BCUT2D eigenvalue weighted by Crippen LogP contribution is 2.25. The number of amides is 2. The Kier molecular flexibility index (Phi) is 4.99. The molecule has 0 aliphatic carbocycles. The fourth-order valence-corrected chi connectivity index (χ4v) is 3.64. The van der Waals surface area contributed by atoms with E-state index in [0.29, 0.717) is 11.3 Å². The third-order valence-corrected chi connectivity index (χ3v) is 4.96. The van der Waals surface area contributed by atoms with Crippen molar-refractivity contribution < 1.29 is 9.72 Å². The van der Waals surface area contributed by atoms with E-state index in [1.165, 1.54) is 18.9 Å². The average Bonchev–Trinajstić information content (AvgIpc) is 3.21. The predicted octanol–water partition coefficient (Wildman–Crippen LogP) is 3.00. The second kappa shape index (κ2) is 7.17. The number of aryl methyl sites for hydroxylation is 1. The largest absolute Gasteiger partial charge is 0.322 e. The first-order valence-electron chi connectivity index (χ1n) is 8.59. The van der Waals surface area contributed by atoms with Crippen molar-refractivity contribution in [3.05, 3.63) is 33.9 Å². The number of carbonyl (C=O) groups excluding carboxylic acids is 1. The van der Waals surface area contributed by atoms with E-state index in [1.54, 1.807) is 19.1 Å². The Hall–Kier alpha value is -2.15. The molecule has 1 N–H and O–H groups in total. The second-order valence-electron chi connectivity index (χ2n) is 6.69. The van der Waals surface area contributed by atoms with Gasteiger partial charge in [0, 0.05) is 36.4 Å². The van der Waals surface area contributed by atoms with Crippen molar-refractivity contribution in [2.24, 2.45) is 0 Å². The highest BCUT2D eigenvalue weighted by molar-refractivity contribution is 5.90. The number of anilines is 1. The lowest BCUT2D eigenvalue weighted by Crippen LogP contribution is -2.44. The summed E-state index contributed by atoms with van der Waals surface area (Å²) in [6, 6.07) is 4.89. The van der Waals surface area contributed by atoms with Gasteiger partial charge in [-0.1, -0.05) is 6.07 Å². The molecule has 0 spiro atoms. The molecular formula is C17H24N4O3. The molecule has 2 aliphatic rings. The zero-order valence-electron chi connectivity index (χ0n) is 14.0. The number of likely N-dealkylation sites (tertiary alicyclic amines) is 2. The van der Waals surface area contributed by atoms with Crippen LogP contribution in [0.1, 0.15) is 31.2 Å². The van der Waals surface area contributed by atoms with Gasteiger partial charge in [0.2, 0.25) is 0 Å². The molecule has 0 bridgehead atoms. The minimum absolute atomic E-state index is 0.0304. The summed E-state index contributed by atoms with van der Waals surface area (Å²) in [6.07, 6.45) is 4.52. The third kappa shape index (κ3) is 3.67. The number of nitro benzene ring substituents is 1. The van der Waals surface area contributed by atoms with Crippen LogP contribution in [0.5, 0.6) is 0 Å². The maximum atomic E-state index is 12.6. The lowest BCUT2D eigenvalue weighted by molar-refractivity contribution is -0.385. The van der Waals surface area contributed by atoms with Gasteiger partial charge in [0.25, 0.3) is 5.69 Å². The Balaban J connectivity index is 1.65. The minimum Gasteiger partial charge on any atom is -0.320 e. The van der Waals surface area contributed by atoms with Gasteiger partial charge >= 0.3 is 6.03 Å². The molecule has 2 heterocycles. The highest BCUT2D eigenvalue weighted by atomic mass is 16.6. The van der Waals surface area contributed by atoms with Gasteiger partial charge in [0.1, 0.15) is 0 Å². The quantitative estimate of drug-likeness (QED) is 0.679.